The van der Waals surface area contributed by atoms with Crippen molar-refractivity contribution >= 4 is 41.3 Å². The number of hydrogen-bond acceptors (Lipinski definition) is 6. The van der Waals surface area contributed by atoms with Gasteiger partial charge in [0.2, 0.25) is 17.6 Å². The van der Waals surface area contributed by atoms with E-state index >= 15 is 0 Å². The summed E-state index contributed by atoms with van der Waals surface area (Å²) in [6.45, 7) is 29.7. The molecule has 1 aliphatic heterocycles. The minimum atomic E-state index is -1.05. The Labute approximate surface area is 319 Å². The number of allylic oxidation sites excluding steroid dienone is 1. The molecule has 52 heavy (non-hydrogen) atoms. The molecule has 0 bridgehead atoms. The van der Waals surface area contributed by atoms with Gasteiger partial charge in [-0.1, -0.05) is 87.3 Å². The molecule has 1 heterocycles. The fourth-order valence-corrected chi connectivity index (χ4v) is 7.25. The molecular weight excluding hydrogens is 677 g/mol. The van der Waals surface area contributed by atoms with Crippen LogP contribution in [0.5, 0.6) is 0 Å². The standard InChI is InChI=1S/C40H72N6O5S/c1-14-18-21-29(32(47)35(49)41-23-15-2)42-34(48)31-28(40(11,12)16-3)22-25-46(31)36(50)33(39(8,9)10)44-37(51)43-30(38(5,6)7)27-45(13)24-19-20-26-52-17-4/h15-16,28-31,33H,2-3,14,17-27H2,1,4-13H3,(H,41,49)(H,42,48)(H2,43,44,51)/p+1/t28-,29?,30+,31-,33+/m0/s1. The number of likely N-dealkylation sites (N-methyl/N-ethyl adjacent to an activating group) is 1. The van der Waals surface area contributed by atoms with Crippen LogP contribution in [0.4, 0.5) is 4.79 Å². The average Bonchev–Trinajstić information content (AvgIpc) is 3.52. The van der Waals surface area contributed by atoms with Crippen molar-refractivity contribution in [3.8, 4) is 0 Å². The molecule has 0 spiro atoms. The van der Waals surface area contributed by atoms with Gasteiger partial charge in [0, 0.05) is 25.7 Å². The highest BCUT2D eigenvalue weighted by Gasteiger charge is 2.50. The normalized spacial score (nSPS) is 18.3. The molecule has 4 N–H and O–H groups in total. The maximum Gasteiger partial charge on any atom is 0.315 e. The van der Waals surface area contributed by atoms with E-state index in [1.807, 2.05) is 41.5 Å². The Balaban J connectivity index is 3.36. The van der Waals surface area contributed by atoms with Crippen molar-refractivity contribution in [3.05, 3.63) is 25.3 Å². The maximum atomic E-state index is 14.6. The maximum absolute atomic E-state index is 14.6. The summed E-state index contributed by atoms with van der Waals surface area (Å²) < 4.78 is 0. The molecule has 11 nitrogen and oxygen atoms in total. The number of carbonyl (C=O) groups excluding carboxylic acids is 5. The number of rotatable bonds is 22. The molecule has 0 aromatic carbocycles. The first-order chi connectivity index (χ1) is 24.2. The van der Waals surface area contributed by atoms with Gasteiger partial charge in [0.15, 0.2) is 0 Å². The van der Waals surface area contributed by atoms with E-state index in [1.54, 1.807) is 11.0 Å². The number of thiol groups is 1. The number of amides is 5. The highest BCUT2D eigenvalue weighted by molar-refractivity contribution is 7.78. The lowest BCUT2D eigenvalue weighted by Gasteiger charge is -2.39. The Morgan fingerprint density at radius 2 is 1.58 bits per heavy atom. The van der Waals surface area contributed by atoms with Gasteiger partial charge in [-0.15, -0.1) is 13.2 Å². The number of ketones is 1. The highest BCUT2D eigenvalue weighted by atomic mass is 32.2. The van der Waals surface area contributed by atoms with Gasteiger partial charge in [-0.2, -0.15) is 0 Å². The largest absolute Gasteiger partial charge is 0.346 e. The summed E-state index contributed by atoms with van der Waals surface area (Å²) in [7, 11) is 2.07. The second-order valence-corrected chi connectivity index (χ2v) is 18.6. The van der Waals surface area contributed by atoms with E-state index in [4.69, 9.17) is 0 Å². The SMILES string of the molecule is C=CCNC(=O)C(=O)C(CCCC)NC(=O)[C@@H]1[C@@H](C(C)(C)C=C)CCN1C(=O)[C@@H](NC(=O)N[C@H](CN(C)CCCC[SH+]CC)C(C)(C)C)C(C)(C)C. The average molecular weight is 750 g/mol. The number of nitrogens with one attached hydrogen (secondary N) is 4. The number of carbonyl (C=O) groups is 5. The molecule has 0 aliphatic carbocycles. The Kier molecular flexibility index (Phi) is 19.7. The summed E-state index contributed by atoms with van der Waals surface area (Å²) in [5.41, 5.74) is -1.48. The summed E-state index contributed by atoms with van der Waals surface area (Å²) in [5.74, 6) is -0.345. The van der Waals surface area contributed by atoms with E-state index in [2.05, 4.69) is 74.1 Å². The molecule has 298 valence electrons. The van der Waals surface area contributed by atoms with Crippen LogP contribution in [0.3, 0.4) is 0 Å². The van der Waals surface area contributed by atoms with Crippen molar-refractivity contribution in [2.75, 3.05) is 44.7 Å². The van der Waals surface area contributed by atoms with Crippen LogP contribution in [-0.2, 0) is 30.9 Å². The molecule has 1 saturated heterocycles. The third-order valence-electron chi connectivity index (χ3n) is 10.1. The summed E-state index contributed by atoms with van der Waals surface area (Å²) in [6.07, 6.45) is 7.73. The second kappa shape index (κ2) is 21.7. The summed E-state index contributed by atoms with van der Waals surface area (Å²) in [4.78, 5) is 72.3. The predicted octanol–water partition coefficient (Wildman–Crippen LogP) is 4.64. The molecule has 1 aliphatic rings. The fourth-order valence-electron chi connectivity index (χ4n) is 6.49. The molecule has 1 unspecified atom stereocenters. The zero-order valence-electron chi connectivity index (χ0n) is 34.3. The van der Waals surface area contributed by atoms with Crippen molar-refractivity contribution in [1.82, 2.24) is 31.1 Å². The molecular formula is C40H73N6O5S+. The lowest BCUT2D eigenvalue weighted by Crippen LogP contribution is -2.62. The Hall–Kier alpha value is -2.86. The van der Waals surface area contributed by atoms with Gasteiger partial charge in [0.25, 0.3) is 5.91 Å². The lowest BCUT2D eigenvalue weighted by molar-refractivity contribution is -0.145. The van der Waals surface area contributed by atoms with Crippen molar-refractivity contribution < 1.29 is 24.0 Å². The van der Waals surface area contributed by atoms with Crippen LogP contribution in [-0.4, -0.2) is 108 Å². The van der Waals surface area contributed by atoms with Gasteiger partial charge in [-0.3, -0.25) is 19.2 Å². The Bertz CT molecular complexity index is 1210. The van der Waals surface area contributed by atoms with E-state index in [0.29, 0.717) is 19.4 Å². The zero-order chi connectivity index (χ0) is 39.9. The molecule has 1 rings (SSSR count). The first-order valence-electron chi connectivity index (χ1n) is 19.2. The Morgan fingerprint density at radius 1 is 0.923 bits per heavy atom. The van der Waals surface area contributed by atoms with E-state index in [1.165, 1.54) is 35.8 Å². The molecule has 12 heteroatoms. The van der Waals surface area contributed by atoms with Crippen LogP contribution in [0.15, 0.2) is 25.3 Å². The molecule has 0 aromatic rings. The number of urea groups is 1. The number of Topliss-reactive ketones (excluding diaryl/α,β-unsaturated/α-hetero) is 1. The third-order valence-corrected chi connectivity index (χ3v) is 11.2. The highest BCUT2D eigenvalue weighted by Crippen LogP contribution is 2.41. The summed E-state index contributed by atoms with van der Waals surface area (Å²) in [6, 6.07) is -3.58. The number of nitrogens with zero attached hydrogens (tertiary/aromatic N) is 2. The van der Waals surface area contributed by atoms with Gasteiger partial charge in [-0.05, 0) is 80.1 Å². The molecule has 0 radical (unpaired) electrons. The van der Waals surface area contributed by atoms with Crippen molar-refractivity contribution in [1.29, 1.82) is 0 Å². The van der Waals surface area contributed by atoms with Crippen molar-refractivity contribution in [2.45, 2.75) is 132 Å². The van der Waals surface area contributed by atoms with E-state index in [-0.39, 0.29) is 42.8 Å². The van der Waals surface area contributed by atoms with Crippen LogP contribution in [0.1, 0.15) is 108 Å². The molecule has 0 aromatic heterocycles. The van der Waals surface area contributed by atoms with Crippen LogP contribution < -0.4 is 21.3 Å². The van der Waals surface area contributed by atoms with E-state index in [0.717, 1.165) is 19.4 Å². The summed E-state index contributed by atoms with van der Waals surface area (Å²) >= 11 is 1.48. The Morgan fingerprint density at radius 3 is 2.12 bits per heavy atom. The number of unbranched alkanes of at least 4 members (excludes halogenated alkanes) is 2. The second-order valence-electron chi connectivity index (χ2n) is 17.0. The zero-order valence-corrected chi connectivity index (χ0v) is 35.2. The third kappa shape index (κ3) is 14.9. The predicted molar refractivity (Wildman–Crippen MR) is 216 cm³/mol. The van der Waals surface area contributed by atoms with Gasteiger partial charge in [-0.25, -0.2) is 4.79 Å². The van der Waals surface area contributed by atoms with Crippen LogP contribution >= 0.6 is 0 Å². The van der Waals surface area contributed by atoms with E-state index < -0.39 is 52.6 Å². The molecule has 5 amide bonds. The van der Waals surface area contributed by atoms with Crippen molar-refractivity contribution in [2.24, 2.45) is 22.2 Å². The monoisotopic (exact) mass is 750 g/mol. The first-order valence-corrected chi connectivity index (χ1v) is 20.5. The van der Waals surface area contributed by atoms with Gasteiger partial charge < -0.3 is 31.1 Å². The number of likely N-dealkylation sites (tertiary alicyclic amines) is 1. The topological polar surface area (TPSA) is 140 Å². The van der Waals surface area contributed by atoms with Gasteiger partial charge in [0.05, 0.1) is 6.04 Å². The first kappa shape index (κ1) is 47.2. The summed E-state index contributed by atoms with van der Waals surface area (Å²) in [5, 5.41) is 11.5. The molecule has 5 atom stereocenters. The fraction of sp³-hybridized carbons (Fsp3) is 0.775. The van der Waals surface area contributed by atoms with Gasteiger partial charge >= 0.3 is 6.03 Å². The quantitative estimate of drug-likeness (QED) is 0.0419. The minimum absolute atomic E-state index is 0.125. The molecule has 0 saturated carbocycles. The smallest absolute Gasteiger partial charge is 0.315 e. The molecule has 1 fully saturated rings. The van der Waals surface area contributed by atoms with Gasteiger partial charge in [0.1, 0.15) is 23.6 Å². The minimum Gasteiger partial charge on any atom is -0.346 e. The lowest BCUT2D eigenvalue weighted by atomic mass is 9.74. The van der Waals surface area contributed by atoms with Crippen LogP contribution in [0, 0.1) is 22.2 Å². The van der Waals surface area contributed by atoms with Crippen LogP contribution in [0.25, 0.3) is 0 Å². The van der Waals surface area contributed by atoms with Crippen LogP contribution in [0.2, 0.25) is 0 Å². The number of hydrogen-bond donors (Lipinski definition) is 4. The van der Waals surface area contributed by atoms with Crippen molar-refractivity contribution in [3.63, 3.8) is 0 Å². The van der Waals surface area contributed by atoms with E-state index in [9.17, 15) is 24.0 Å².